The molecule has 2 rings (SSSR count). The topological polar surface area (TPSA) is 67.2 Å². The van der Waals surface area contributed by atoms with Crippen LogP contribution in [-0.4, -0.2) is 33.8 Å². The molecule has 1 N–H and O–H groups in total. The molecule has 1 saturated heterocycles. The van der Waals surface area contributed by atoms with Gasteiger partial charge < -0.3 is 4.90 Å². The number of hydrogen-bond acceptors (Lipinski definition) is 3. The molecular weight excluding hydrogens is 220 g/mol. The zero-order valence-electron chi connectivity index (χ0n) is 9.85. The highest BCUT2D eigenvalue weighted by Gasteiger charge is 2.16. The van der Waals surface area contributed by atoms with Crippen LogP contribution in [0.25, 0.3) is 0 Å². The lowest BCUT2D eigenvalue weighted by Gasteiger charge is -2.26. The molecule has 0 bridgehead atoms. The molecule has 92 valence electrons. The second-order valence-electron chi connectivity index (χ2n) is 4.16. The van der Waals surface area contributed by atoms with E-state index in [4.69, 9.17) is 0 Å². The van der Waals surface area contributed by atoms with Crippen molar-refractivity contribution in [2.24, 2.45) is 7.05 Å². The number of nitrogens with one attached hydrogen (secondary N) is 1. The fourth-order valence-electron chi connectivity index (χ4n) is 1.85. The van der Waals surface area contributed by atoms with Crippen molar-refractivity contribution >= 4 is 11.8 Å². The number of hydrogen-bond donors (Lipinski definition) is 1. The largest absolute Gasteiger partial charge is 0.325 e. The van der Waals surface area contributed by atoms with E-state index in [-0.39, 0.29) is 11.6 Å². The smallest absolute Gasteiger partial charge is 0.323 e. The summed E-state index contributed by atoms with van der Waals surface area (Å²) < 4.78 is 1.20. The fourth-order valence-corrected chi connectivity index (χ4v) is 1.85. The number of likely N-dealkylation sites (tertiary alicyclic amines) is 1. The van der Waals surface area contributed by atoms with Gasteiger partial charge in [-0.15, -0.1) is 0 Å². The van der Waals surface area contributed by atoms with Crippen LogP contribution in [0, 0.1) is 0 Å². The molecule has 1 aromatic rings. The number of rotatable bonds is 1. The molecular formula is C11H16N4O2. The molecule has 1 aliphatic rings. The van der Waals surface area contributed by atoms with Crippen LogP contribution in [0.3, 0.4) is 0 Å². The maximum Gasteiger partial charge on any atom is 0.323 e. The summed E-state index contributed by atoms with van der Waals surface area (Å²) in [6.45, 7) is 1.58. The molecule has 2 heterocycles. The van der Waals surface area contributed by atoms with Gasteiger partial charge in [0.15, 0.2) is 5.82 Å². The summed E-state index contributed by atoms with van der Waals surface area (Å²) in [5.74, 6) is 0.405. The lowest BCUT2D eigenvalue weighted by molar-refractivity contribution is 0.200. The molecule has 17 heavy (non-hydrogen) atoms. The predicted octanol–water partition coefficient (Wildman–Crippen LogP) is 0.798. The third-order valence-electron chi connectivity index (χ3n) is 2.84. The van der Waals surface area contributed by atoms with Gasteiger partial charge in [0.2, 0.25) is 0 Å². The SMILES string of the molecule is Cn1nc(NC(=O)N2CCCCC2)ccc1=O. The van der Waals surface area contributed by atoms with Crippen LogP contribution in [0.1, 0.15) is 19.3 Å². The number of piperidine rings is 1. The third-order valence-corrected chi connectivity index (χ3v) is 2.84. The van der Waals surface area contributed by atoms with Gasteiger partial charge in [-0.25, -0.2) is 9.48 Å². The third kappa shape index (κ3) is 2.83. The number of amides is 2. The molecule has 0 radical (unpaired) electrons. The Hall–Kier alpha value is -1.85. The van der Waals surface area contributed by atoms with Gasteiger partial charge in [-0.2, -0.15) is 5.10 Å². The number of aryl methyl sites for hydroxylation is 1. The van der Waals surface area contributed by atoms with Crippen molar-refractivity contribution in [1.29, 1.82) is 0 Å². The highest BCUT2D eigenvalue weighted by atomic mass is 16.2. The van der Waals surface area contributed by atoms with Crippen molar-refractivity contribution < 1.29 is 4.79 Å². The first-order valence-electron chi connectivity index (χ1n) is 5.77. The van der Waals surface area contributed by atoms with Gasteiger partial charge in [0, 0.05) is 26.2 Å². The van der Waals surface area contributed by atoms with Gasteiger partial charge in [-0.1, -0.05) is 0 Å². The van der Waals surface area contributed by atoms with Crippen LogP contribution in [0.5, 0.6) is 0 Å². The summed E-state index contributed by atoms with van der Waals surface area (Å²) in [7, 11) is 1.55. The first kappa shape index (κ1) is 11.6. The average molecular weight is 236 g/mol. The van der Waals surface area contributed by atoms with Crippen LogP contribution in [0.4, 0.5) is 10.6 Å². The highest BCUT2D eigenvalue weighted by molar-refractivity contribution is 5.88. The minimum Gasteiger partial charge on any atom is -0.325 e. The van der Waals surface area contributed by atoms with Gasteiger partial charge in [-0.05, 0) is 25.3 Å². The summed E-state index contributed by atoms with van der Waals surface area (Å²) >= 11 is 0. The van der Waals surface area contributed by atoms with E-state index >= 15 is 0 Å². The van der Waals surface area contributed by atoms with Crippen LogP contribution in [0.2, 0.25) is 0 Å². The summed E-state index contributed by atoms with van der Waals surface area (Å²) in [5.41, 5.74) is -0.194. The van der Waals surface area contributed by atoms with E-state index < -0.39 is 0 Å². The number of urea groups is 1. The van der Waals surface area contributed by atoms with E-state index in [0.717, 1.165) is 25.9 Å². The molecule has 0 spiro atoms. The Labute approximate surface area is 99.2 Å². The molecule has 6 heteroatoms. The number of aromatic nitrogens is 2. The quantitative estimate of drug-likeness (QED) is 0.784. The minimum absolute atomic E-state index is 0.143. The van der Waals surface area contributed by atoms with E-state index in [2.05, 4.69) is 10.4 Å². The molecule has 0 saturated carbocycles. The van der Waals surface area contributed by atoms with Gasteiger partial charge in [-0.3, -0.25) is 10.1 Å². The molecule has 0 aromatic carbocycles. The monoisotopic (exact) mass is 236 g/mol. The van der Waals surface area contributed by atoms with Crippen molar-refractivity contribution in [2.45, 2.75) is 19.3 Å². The lowest BCUT2D eigenvalue weighted by atomic mass is 10.1. The van der Waals surface area contributed by atoms with Crippen LogP contribution in [-0.2, 0) is 7.05 Å². The molecule has 1 fully saturated rings. The van der Waals surface area contributed by atoms with Gasteiger partial charge in [0.25, 0.3) is 5.56 Å². The van der Waals surface area contributed by atoms with E-state index in [1.165, 1.54) is 23.2 Å². The van der Waals surface area contributed by atoms with Gasteiger partial charge in [0.05, 0.1) is 0 Å². The van der Waals surface area contributed by atoms with E-state index in [9.17, 15) is 9.59 Å². The standard InChI is InChI=1S/C11H16N4O2/c1-14-10(16)6-5-9(13-14)12-11(17)15-7-3-2-4-8-15/h5-6H,2-4,7-8H2,1H3,(H,12,13,17). The second kappa shape index (κ2) is 4.99. The van der Waals surface area contributed by atoms with E-state index in [1.54, 1.807) is 11.9 Å². The minimum atomic E-state index is -0.194. The van der Waals surface area contributed by atoms with Crippen molar-refractivity contribution in [1.82, 2.24) is 14.7 Å². The molecule has 0 atom stereocenters. The highest BCUT2D eigenvalue weighted by Crippen LogP contribution is 2.10. The Morgan fingerprint density at radius 1 is 1.29 bits per heavy atom. The van der Waals surface area contributed by atoms with Crippen molar-refractivity contribution in [2.75, 3.05) is 18.4 Å². The van der Waals surface area contributed by atoms with E-state index in [0.29, 0.717) is 5.82 Å². The number of nitrogens with zero attached hydrogens (tertiary/aromatic N) is 3. The van der Waals surface area contributed by atoms with Gasteiger partial charge in [0.1, 0.15) is 0 Å². The number of anilines is 1. The lowest BCUT2D eigenvalue weighted by Crippen LogP contribution is -2.39. The molecule has 1 aliphatic heterocycles. The van der Waals surface area contributed by atoms with Crippen molar-refractivity contribution in [3.63, 3.8) is 0 Å². The summed E-state index contributed by atoms with van der Waals surface area (Å²) in [5, 5.41) is 6.65. The average Bonchev–Trinajstić information content (AvgIpc) is 2.35. The first-order valence-corrected chi connectivity index (χ1v) is 5.77. The Kier molecular flexibility index (Phi) is 3.41. The first-order chi connectivity index (χ1) is 8.16. The predicted molar refractivity (Wildman–Crippen MR) is 63.9 cm³/mol. The second-order valence-corrected chi connectivity index (χ2v) is 4.16. The summed E-state index contributed by atoms with van der Waals surface area (Å²) in [4.78, 5) is 24.8. The van der Waals surface area contributed by atoms with Crippen molar-refractivity contribution in [3.8, 4) is 0 Å². The van der Waals surface area contributed by atoms with Crippen LogP contribution < -0.4 is 10.9 Å². The normalized spacial score (nSPS) is 15.7. The molecule has 6 nitrogen and oxygen atoms in total. The maximum atomic E-state index is 11.9. The van der Waals surface area contributed by atoms with Gasteiger partial charge >= 0.3 is 6.03 Å². The summed E-state index contributed by atoms with van der Waals surface area (Å²) in [6.07, 6.45) is 3.28. The molecule has 2 amide bonds. The summed E-state index contributed by atoms with van der Waals surface area (Å²) in [6, 6.07) is 2.76. The molecule has 0 unspecified atom stereocenters. The zero-order chi connectivity index (χ0) is 12.3. The maximum absolute atomic E-state index is 11.9. The van der Waals surface area contributed by atoms with Crippen LogP contribution >= 0.6 is 0 Å². The molecule has 1 aromatic heterocycles. The zero-order valence-corrected chi connectivity index (χ0v) is 9.85. The Balaban J connectivity index is 2.02. The Bertz CT molecular complexity index is 463. The van der Waals surface area contributed by atoms with Crippen molar-refractivity contribution in [3.05, 3.63) is 22.5 Å². The van der Waals surface area contributed by atoms with Crippen LogP contribution in [0.15, 0.2) is 16.9 Å². The molecule has 0 aliphatic carbocycles. The fraction of sp³-hybridized carbons (Fsp3) is 0.545. The number of carbonyl (C=O) groups excluding carboxylic acids is 1. The Morgan fingerprint density at radius 3 is 2.65 bits per heavy atom. The number of carbonyl (C=O) groups is 1. The Morgan fingerprint density at radius 2 is 2.00 bits per heavy atom. The van der Waals surface area contributed by atoms with E-state index in [1.807, 2.05) is 0 Å².